The van der Waals surface area contributed by atoms with E-state index in [2.05, 4.69) is 15.0 Å². The fourth-order valence-electron chi connectivity index (χ4n) is 1.18. The summed E-state index contributed by atoms with van der Waals surface area (Å²) in [5.41, 5.74) is 6.36. The first kappa shape index (κ1) is 9.85. The van der Waals surface area contributed by atoms with E-state index in [1.54, 1.807) is 30.7 Å². The largest absolute Gasteiger partial charge is 0.481 e. The lowest BCUT2D eigenvalue weighted by Gasteiger charge is -2.02. The molecule has 5 nitrogen and oxygen atoms in total. The van der Waals surface area contributed by atoms with Crippen molar-refractivity contribution in [1.29, 1.82) is 0 Å². The van der Waals surface area contributed by atoms with Gasteiger partial charge in [0.15, 0.2) is 0 Å². The fourth-order valence-corrected chi connectivity index (χ4v) is 1.81. The Bertz CT molecular complexity index is 443. The molecule has 2 rings (SSSR count). The molecule has 2 N–H and O–H groups in total. The minimum atomic E-state index is 0.223. The summed E-state index contributed by atoms with van der Waals surface area (Å²) in [7, 11) is 1.55. The highest BCUT2D eigenvalue weighted by Gasteiger charge is 2.04. The first-order valence-electron chi connectivity index (χ1n) is 4.33. The minimum Gasteiger partial charge on any atom is -0.481 e. The Morgan fingerprint density at radius 3 is 3.00 bits per heavy atom. The third-order valence-electron chi connectivity index (χ3n) is 1.80. The number of aromatic nitrogens is 3. The summed E-state index contributed by atoms with van der Waals surface area (Å²) in [6.45, 7) is 0. The van der Waals surface area contributed by atoms with Gasteiger partial charge in [-0.2, -0.15) is 4.98 Å². The average molecular weight is 222 g/mol. The lowest BCUT2D eigenvalue weighted by molar-refractivity contribution is 0.397. The van der Waals surface area contributed by atoms with E-state index in [1.807, 2.05) is 5.38 Å². The zero-order valence-corrected chi connectivity index (χ0v) is 8.99. The second-order valence-corrected chi connectivity index (χ2v) is 3.84. The van der Waals surface area contributed by atoms with Crippen molar-refractivity contribution in [2.75, 3.05) is 12.8 Å². The molecule has 0 spiro atoms. The molecule has 0 unspecified atom stereocenters. The van der Waals surface area contributed by atoms with Crippen LogP contribution in [0.5, 0.6) is 5.88 Å². The van der Waals surface area contributed by atoms with Crippen LogP contribution in [-0.2, 0) is 6.42 Å². The summed E-state index contributed by atoms with van der Waals surface area (Å²) in [5.74, 6) is 0.704. The van der Waals surface area contributed by atoms with E-state index in [1.165, 1.54) is 0 Å². The molecule has 2 heterocycles. The number of nitrogen functional groups attached to an aromatic ring is 1. The van der Waals surface area contributed by atoms with Crippen LogP contribution in [0.2, 0.25) is 0 Å². The summed E-state index contributed by atoms with van der Waals surface area (Å²) in [4.78, 5) is 12.2. The molecule has 0 bridgehead atoms. The van der Waals surface area contributed by atoms with Gasteiger partial charge in [0.05, 0.1) is 17.8 Å². The maximum atomic E-state index is 5.54. The zero-order valence-electron chi connectivity index (χ0n) is 8.17. The molecular formula is C9H10N4OS. The predicted octanol–water partition coefficient (Wildman–Crippen LogP) is 1.11. The Labute approximate surface area is 91.0 Å². The molecular weight excluding hydrogens is 212 g/mol. The van der Waals surface area contributed by atoms with Gasteiger partial charge < -0.3 is 10.5 Å². The normalized spacial score (nSPS) is 10.2. The van der Waals surface area contributed by atoms with Crippen LogP contribution in [0.4, 0.5) is 5.95 Å². The molecule has 0 saturated heterocycles. The van der Waals surface area contributed by atoms with Crippen LogP contribution in [0.15, 0.2) is 17.6 Å². The van der Waals surface area contributed by atoms with Gasteiger partial charge in [-0.05, 0) is 0 Å². The molecule has 6 heteroatoms. The number of nitrogens with zero attached hydrogens (tertiary/aromatic N) is 3. The van der Waals surface area contributed by atoms with Gasteiger partial charge in [0.2, 0.25) is 11.8 Å². The average Bonchev–Trinajstić information content (AvgIpc) is 2.69. The smallest absolute Gasteiger partial charge is 0.223 e. The maximum Gasteiger partial charge on any atom is 0.223 e. The van der Waals surface area contributed by atoms with Crippen LogP contribution in [0.1, 0.15) is 10.7 Å². The number of anilines is 1. The van der Waals surface area contributed by atoms with Gasteiger partial charge in [-0.15, -0.1) is 11.3 Å². The summed E-state index contributed by atoms with van der Waals surface area (Å²) < 4.78 is 5.01. The SMILES string of the molecule is COc1cc(Cc2nccs2)nc(N)n1. The molecule has 2 aromatic heterocycles. The van der Waals surface area contributed by atoms with E-state index in [0.29, 0.717) is 12.3 Å². The summed E-state index contributed by atoms with van der Waals surface area (Å²) in [6.07, 6.45) is 2.42. The molecule has 0 radical (unpaired) electrons. The molecule has 15 heavy (non-hydrogen) atoms. The Balaban J connectivity index is 2.24. The summed E-state index contributed by atoms with van der Waals surface area (Å²) in [6, 6.07) is 1.76. The number of hydrogen-bond donors (Lipinski definition) is 1. The molecule has 0 atom stereocenters. The van der Waals surface area contributed by atoms with E-state index in [4.69, 9.17) is 10.5 Å². The van der Waals surface area contributed by atoms with Crippen molar-refractivity contribution in [3.8, 4) is 5.88 Å². The molecule has 0 aliphatic rings. The van der Waals surface area contributed by atoms with E-state index in [9.17, 15) is 0 Å². The molecule has 0 fully saturated rings. The monoisotopic (exact) mass is 222 g/mol. The fraction of sp³-hybridized carbons (Fsp3) is 0.222. The van der Waals surface area contributed by atoms with Crippen molar-refractivity contribution in [1.82, 2.24) is 15.0 Å². The third-order valence-corrected chi connectivity index (χ3v) is 2.58. The number of rotatable bonds is 3. The molecule has 0 aliphatic carbocycles. The Morgan fingerprint density at radius 2 is 2.33 bits per heavy atom. The maximum absolute atomic E-state index is 5.54. The Morgan fingerprint density at radius 1 is 1.47 bits per heavy atom. The highest BCUT2D eigenvalue weighted by molar-refractivity contribution is 7.09. The van der Waals surface area contributed by atoms with Crippen LogP contribution in [0.25, 0.3) is 0 Å². The van der Waals surface area contributed by atoms with Gasteiger partial charge in [0.1, 0.15) is 0 Å². The Hall–Kier alpha value is -1.69. The first-order valence-corrected chi connectivity index (χ1v) is 5.21. The molecule has 78 valence electrons. The number of ether oxygens (including phenoxy) is 1. The van der Waals surface area contributed by atoms with Crippen LogP contribution in [-0.4, -0.2) is 22.1 Å². The quantitative estimate of drug-likeness (QED) is 0.842. The number of thiazole rings is 1. The topological polar surface area (TPSA) is 73.9 Å². The molecule has 0 saturated carbocycles. The van der Waals surface area contributed by atoms with Gasteiger partial charge in [0, 0.05) is 24.1 Å². The zero-order chi connectivity index (χ0) is 10.7. The van der Waals surface area contributed by atoms with E-state index in [-0.39, 0.29) is 5.95 Å². The molecule has 0 amide bonds. The predicted molar refractivity (Wildman–Crippen MR) is 57.9 cm³/mol. The summed E-state index contributed by atoms with van der Waals surface area (Å²) in [5, 5.41) is 2.92. The van der Waals surface area contributed by atoms with E-state index < -0.39 is 0 Å². The van der Waals surface area contributed by atoms with Crippen LogP contribution < -0.4 is 10.5 Å². The van der Waals surface area contributed by atoms with Crippen molar-refractivity contribution in [3.05, 3.63) is 28.3 Å². The lowest BCUT2D eigenvalue weighted by Crippen LogP contribution is -2.01. The number of methoxy groups -OCH3 is 1. The first-order chi connectivity index (χ1) is 7.28. The van der Waals surface area contributed by atoms with Crippen molar-refractivity contribution in [2.24, 2.45) is 0 Å². The van der Waals surface area contributed by atoms with Gasteiger partial charge >= 0.3 is 0 Å². The van der Waals surface area contributed by atoms with Crippen molar-refractivity contribution >= 4 is 17.3 Å². The second-order valence-electron chi connectivity index (χ2n) is 2.86. The van der Waals surface area contributed by atoms with Crippen molar-refractivity contribution < 1.29 is 4.74 Å². The molecule has 2 aromatic rings. The highest BCUT2D eigenvalue weighted by atomic mass is 32.1. The van der Waals surface area contributed by atoms with E-state index in [0.717, 1.165) is 10.7 Å². The lowest BCUT2D eigenvalue weighted by atomic mass is 10.3. The van der Waals surface area contributed by atoms with Gasteiger partial charge in [-0.25, -0.2) is 9.97 Å². The number of nitrogens with two attached hydrogens (primary N) is 1. The molecule has 0 aliphatic heterocycles. The minimum absolute atomic E-state index is 0.223. The third kappa shape index (κ3) is 2.41. The van der Waals surface area contributed by atoms with Crippen LogP contribution in [0, 0.1) is 0 Å². The van der Waals surface area contributed by atoms with Crippen LogP contribution >= 0.6 is 11.3 Å². The highest BCUT2D eigenvalue weighted by Crippen LogP contribution is 2.15. The van der Waals surface area contributed by atoms with Crippen molar-refractivity contribution in [2.45, 2.75) is 6.42 Å². The van der Waals surface area contributed by atoms with Gasteiger partial charge in [-0.1, -0.05) is 0 Å². The van der Waals surface area contributed by atoms with Gasteiger partial charge in [0.25, 0.3) is 0 Å². The van der Waals surface area contributed by atoms with Gasteiger partial charge in [-0.3, -0.25) is 0 Å². The Kier molecular flexibility index (Phi) is 2.77. The number of hydrogen-bond acceptors (Lipinski definition) is 6. The summed E-state index contributed by atoms with van der Waals surface area (Å²) >= 11 is 1.58. The molecule has 0 aromatic carbocycles. The van der Waals surface area contributed by atoms with Crippen molar-refractivity contribution in [3.63, 3.8) is 0 Å². The second kappa shape index (κ2) is 4.22. The van der Waals surface area contributed by atoms with E-state index >= 15 is 0 Å². The van der Waals surface area contributed by atoms with Crippen LogP contribution in [0.3, 0.4) is 0 Å². The standard InChI is InChI=1S/C9H10N4OS/c1-14-7-4-6(12-9(10)13-7)5-8-11-2-3-15-8/h2-4H,5H2,1H3,(H2,10,12,13).